The number of hydrogen-bond acceptors (Lipinski definition) is 2. The van der Waals surface area contributed by atoms with Gasteiger partial charge in [0, 0.05) is 6.92 Å². The van der Waals surface area contributed by atoms with Gasteiger partial charge in [0.1, 0.15) is 0 Å². The van der Waals surface area contributed by atoms with Gasteiger partial charge in [-0.3, -0.25) is 4.79 Å². The van der Waals surface area contributed by atoms with E-state index in [1.165, 1.54) is 6.92 Å². The number of carbonyl (C=O) groups is 1. The minimum atomic E-state index is -0.0168. The highest BCUT2D eigenvalue weighted by atomic mass is 16.3. The first-order valence-electron chi connectivity index (χ1n) is 3.70. The minimum absolute atomic E-state index is 0.0168. The fraction of sp³-hybridized carbons (Fsp3) is 0.444. The van der Waals surface area contributed by atoms with Crippen molar-refractivity contribution >= 4 is 5.78 Å². The SMILES string of the molecule is CC(=O)c1cc(C(C)C)co1. The first-order valence-corrected chi connectivity index (χ1v) is 3.70. The van der Waals surface area contributed by atoms with Gasteiger partial charge in [0.25, 0.3) is 0 Å². The van der Waals surface area contributed by atoms with Crippen LogP contribution >= 0.6 is 0 Å². The molecule has 2 nitrogen and oxygen atoms in total. The number of Topliss-reactive ketones (excluding diaryl/α,β-unsaturated/α-hetero) is 1. The third-order valence-electron chi connectivity index (χ3n) is 1.63. The van der Waals surface area contributed by atoms with E-state index in [-0.39, 0.29) is 5.78 Å². The highest BCUT2D eigenvalue weighted by Crippen LogP contribution is 2.17. The molecule has 0 N–H and O–H groups in total. The summed E-state index contributed by atoms with van der Waals surface area (Å²) < 4.78 is 5.04. The molecule has 0 unspecified atom stereocenters. The zero-order valence-corrected chi connectivity index (χ0v) is 7.05. The van der Waals surface area contributed by atoms with Crippen LogP contribution in [0.3, 0.4) is 0 Å². The number of carbonyl (C=O) groups excluding carboxylic acids is 1. The topological polar surface area (TPSA) is 30.2 Å². The summed E-state index contributed by atoms with van der Waals surface area (Å²) in [5.41, 5.74) is 1.08. The number of rotatable bonds is 2. The van der Waals surface area contributed by atoms with Crippen molar-refractivity contribution in [3.8, 4) is 0 Å². The molecule has 0 aliphatic rings. The zero-order valence-electron chi connectivity index (χ0n) is 7.05. The smallest absolute Gasteiger partial charge is 0.194 e. The molecule has 0 aromatic carbocycles. The monoisotopic (exact) mass is 152 g/mol. The van der Waals surface area contributed by atoms with Crippen molar-refractivity contribution < 1.29 is 9.21 Å². The van der Waals surface area contributed by atoms with E-state index in [2.05, 4.69) is 13.8 Å². The van der Waals surface area contributed by atoms with Crippen LogP contribution in [0.1, 0.15) is 42.8 Å². The molecule has 2 heteroatoms. The molecule has 0 radical (unpaired) electrons. The van der Waals surface area contributed by atoms with E-state index in [0.717, 1.165) is 5.56 Å². The van der Waals surface area contributed by atoms with Crippen LogP contribution in [0.4, 0.5) is 0 Å². The molecule has 1 rings (SSSR count). The largest absolute Gasteiger partial charge is 0.461 e. The quantitative estimate of drug-likeness (QED) is 0.610. The molecule has 0 saturated heterocycles. The Morgan fingerprint density at radius 1 is 1.55 bits per heavy atom. The Labute approximate surface area is 66.2 Å². The molecule has 0 fully saturated rings. The molecular formula is C9H12O2. The van der Waals surface area contributed by atoms with E-state index >= 15 is 0 Å². The Balaban J connectivity index is 2.90. The van der Waals surface area contributed by atoms with Crippen LogP contribution in [0.25, 0.3) is 0 Å². The second kappa shape index (κ2) is 2.91. The van der Waals surface area contributed by atoms with Crippen molar-refractivity contribution in [1.29, 1.82) is 0 Å². The van der Waals surface area contributed by atoms with Gasteiger partial charge in [-0.15, -0.1) is 0 Å². The van der Waals surface area contributed by atoms with E-state index in [9.17, 15) is 4.79 Å². The number of ketones is 1. The zero-order chi connectivity index (χ0) is 8.43. The summed E-state index contributed by atoms with van der Waals surface area (Å²) in [6.45, 7) is 5.63. The first-order chi connectivity index (χ1) is 5.11. The average molecular weight is 152 g/mol. The van der Waals surface area contributed by atoms with Crippen LogP contribution in [-0.2, 0) is 0 Å². The maximum absolute atomic E-state index is 10.8. The summed E-state index contributed by atoms with van der Waals surface area (Å²) in [6.07, 6.45) is 1.64. The summed E-state index contributed by atoms with van der Waals surface area (Å²) in [7, 11) is 0. The lowest BCUT2D eigenvalue weighted by atomic mass is 10.1. The average Bonchev–Trinajstić information content (AvgIpc) is 2.33. The van der Waals surface area contributed by atoms with Crippen LogP contribution in [0.15, 0.2) is 16.7 Å². The molecule has 0 atom stereocenters. The van der Waals surface area contributed by atoms with Crippen molar-refractivity contribution in [1.82, 2.24) is 0 Å². The number of furan rings is 1. The molecule has 0 aliphatic heterocycles. The van der Waals surface area contributed by atoms with Gasteiger partial charge < -0.3 is 4.42 Å². The Morgan fingerprint density at radius 3 is 2.45 bits per heavy atom. The molecule has 1 heterocycles. The Kier molecular flexibility index (Phi) is 2.13. The van der Waals surface area contributed by atoms with E-state index in [4.69, 9.17) is 4.42 Å². The molecule has 0 spiro atoms. The molecule has 0 saturated carbocycles. The lowest BCUT2D eigenvalue weighted by Crippen LogP contribution is -1.87. The summed E-state index contributed by atoms with van der Waals surface area (Å²) in [4.78, 5) is 10.8. The standard InChI is InChI=1S/C9H12O2/c1-6(2)8-4-9(7(3)10)11-5-8/h4-6H,1-3H3. The second-order valence-electron chi connectivity index (χ2n) is 2.96. The third kappa shape index (κ3) is 1.70. The molecule has 60 valence electrons. The highest BCUT2D eigenvalue weighted by Gasteiger charge is 2.07. The van der Waals surface area contributed by atoms with Gasteiger partial charge in [-0.25, -0.2) is 0 Å². The summed E-state index contributed by atoms with van der Waals surface area (Å²) in [5, 5.41) is 0. The van der Waals surface area contributed by atoms with Crippen LogP contribution in [-0.4, -0.2) is 5.78 Å². The van der Waals surface area contributed by atoms with Crippen molar-refractivity contribution in [3.63, 3.8) is 0 Å². The van der Waals surface area contributed by atoms with Gasteiger partial charge in [-0.05, 0) is 17.5 Å². The van der Waals surface area contributed by atoms with E-state index in [1.54, 1.807) is 12.3 Å². The van der Waals surface area contributed by atoms with Gasteiger partial charge in [0.05, 0.1) is 6.26 Å². The van der Waals surface area contributed by atoms with Crippen LogP contribution in [0, 0.1) is 0 Å². The molecule has 0 amide bonds. The predicted octanol–water partition coefficient (Wildman–Crippen LogP) is 2.61. The van der Waals surface area contributed by atoms with Crippen molar-refractivity contribution in [2.45, 2.75) is 26.7 Å². The summed E-state index contributed by atoms with van der Waals surface area (Å²) in [5.74, 6) is 0.859. The highest BCUT2D eigenvalue weighted by molar-refractivity contribution is 5.91. The lowest BCUT2D eigenvalue weighted by molar-refractivity contribution is 0.0987. The van der Waals surface area contributed by atoms with Crippen LogP contribution in [0.2, 0.25) is 0 Å². The van der Waals surface area contributed by atoms with Crippen molar-refractivity contribution in [2.24, 2.45) is 0 Å². The molecule has 1 aromatic heterocycles. The molecule has 11 heavy (non-hydrogen) atoms. The maximum atomic E-state index is 10.8. The second-order valence-corrected chi connectivity index (χ2v) is 2.96. The fourth-order valence-corrected chi connectivity index (χ4v) is 0.838. The molecule has 0 aliphatic carbocycles. The van der Waals surface area contributed by atoms with Gasteiger partial charge in [-0.2, -0.15) is 0 Å². The molecule has 1 aromatic rings. The van der Waals surface area contributed by atoms with Crippen molar-refractivity contribution in [3.05, 3.63) is 23.7 Å². The van der Waals surface area contributed by atoms with Crippen LogP contribution in [0.5, 0.6) is 0 Å². The summed E-state index contributed by atoms with van der Waals surface area (Å²) in [6, 6.07) is 1.80. The first kappa shape index (κ1) is 8.05. The third-order valence-corrected chi connectivity index (χ3v) is 1.63. The fourth-order valence-electron chi connectivity index (χ4n) is 0.838. The Bertz CT molecular complexity index is 258. The predicted molar refractivity (Wildman–Crippen MR) is 42.8 cm³/mol. The molecule has 0 bridgehead atoms. The Hall–Kier alpha value is -1.05. The summed E-state index contributed by atoms with van der Waals surface area (Å²) >= 11 is 0. The van der Waals surface area contributed by atoms with Crippen LogP contribution < -0.4 is 0 Å². The van der Waals surface area contributed by atoms with Gasteiger partial charge in [0.2, 0.25) is 0 Å². The van der Waals surface area contributed by atoms with E-state index in [0.29, 0.717) is 11.7 Å². The lowest BCUT2D eigenvalue weighted by Gasteiger charge is -1.95. The number of hydrogen-bond donors (Lipinski definition) is 0. The van der Waals surface area contributed by atoms with Gasteiger partial charge >= 0.3 is 0 Å². The maximum Gasteiger partial charge on any atom is 0.194 e. The Morgan fingerprint density at radius 2 is 2.18 bits per heavy atom. The minimum Gasteiger partial charge on any atom is -0.461 e. The molecular weight excluding hydrogens is 140 g/mol. The normalized spacial score (nSPS) is 10.5. The van der Waals surface area contributed by atoms with E-state index in [1.807, 2.05) is 0 Å². The van der Waals surface area contributed by atoms with E-state index < -0.39 is 0 Å². The van der Waals surface area contributed by atoms with Crippen molar-refractivity contribution in [2.75, 3.05) is 0 Å². The van der Waals surface area contributed by atoms with Gasteiger partial charge in [0.15, 0.2) is 11.5 Å². The van der Waals surface area contributed by atoms with Gasteiger partial charge in [-0.1, -0.05) is 13.8 Å².